The zero-order valence-electron chi connectivity index (χ0n) is 26.2. The summed E-state index contributed by atoms with van der Waals surface area (Å²) in [5.41, 5.74) is 1.15. The van der Waals surface area contributed by atoms with E-state index in [1.165, 1.54) is 32.2 Å². The summed E-state index contributed by atoms with van der Waals surface area (Å²) in [7, 11) is 1.19. The molecule has 0 aliphatic carbocycles. The molecule has 4 N–H and O–H groups in total. The summed E-state index contributed by atoms with van der Waals surface area (Å²) in [5, 5.41) is 28.8. The standard InChI is InChI=1S/C31H36ClN7O8/c1-17(2)27(35-24(41)14-13-19-9-6-5-7-10-19)30(45)33-18(3)29(44)34-22(15-25(42)43)23(40)16-39-37-28(36-38-39)26-20(31(46)47-4)11-8-12-21(26)32/h5-12,17-18,22,27H,13-16H2,1-4H3,(H,33,45)(H,34,44)(H,35,41)(H,42,43)/t18-,22?,27-/m0/s1. The Morgan fingerprint density at radius 2 is 1.64 bits per heavy atom. The molecule has 1 unspecified atom stereocenters. The molecule has 0 saturated heterocycles. The first-order valence-corrected chi connectivity index (χ1v) is 15.0. The maximum absolute atomic E-state index is 13.1. The van der Waals surface area contributed by atoms with Crippen LogP contribution in [0, 0.1) is 5.92 Å². The number of methoxy groups -OCH3 is 1. The van der Waals surface area contributed by atoms with Crippen LogP contribution in [-0.4, -0.2) is 86.0 Å². The van der Waals surface area contributed by atoms with E-state index in [0.717, 1.165) is 10.4 Å². The van der Waals surface area contributed by atoms with E-state index >= 15 is 0 Å². The first kappa shape index (κ1) is 36.3. The number of aliphatic carboxylic acids is 1. The summed E-state index contributed by atoms with van der Waals surface area (Å²) in [6, 6.07) is 10.2. The molecule has 47 heavy (non-hydrogen) atoms. The van der Waals surface area contributed by atoms with Crippen molar-refractivity contribution in [3.63, 3.8) is 0 Å². The number of aryl methyl sites for hydroxylation is 1. The third kappa shape index (κ3) is 10.4. The van der Waals surface area contributed by atoms with Crippen molar-refractivity contribution in [2.45, 2.75) is 64.7 Å². The van der Waals surface area contributed by atoms with E-state index in [0.29, 0.717) is 6.42 Å². The predicted molar refractivity (Wildman–Crippen MR) is 168 cm³/mol. The number of ketones is 1. The van der Waals surface area contributed by atoms with Crippen molar-refractivity contribution in [3.05, 3.63) is 64.7 Å². The Balaban J connectivity index is 1.64. The van der Waals surface area contributed by atoms with Gasteiger partial charge in [-0.05, 0) is 42.2 Å². The van der Waals surface area contributed by atoms with Gasteiger partial charge in [0.25, 0.3) is 0 Å². The van der Waals surface area contributed by atoms with Gasteiger partial charge in [0.05, 0.1) is 29.7 Å². The fraction of sp³-hybridized carbons (Fsp3) is 0.387. The van der Waals surface area contributed by atoms with Crippen LogP contribution < -0.4 is 16.0 Å². The molecule has 1 heterocycles. The van der Waals surface area contributed by atoms with Gasteiger partial charge < -0.3 is 25.8 Å². The molecule has 2 aromatic carbocycles. The summed E-state index contributed by atoms with van der Waals surface area (Å²) in [6.07, 6.45) is -0.130. The maximum atomic E-state index is 13.1. The molecule has 16 heteroatoms. The average Bonchev–Trinajstić information content (AvgIpc) is 3.49. The summed E-state index contributed by atoms with van der Waals surface area (Å²) in [4.78, 5) is 76.3. The van der Waals surface area contributed by atoms with Crippen LogP contribution >= 0.6 is 11.6 Å². The smallest absolute Gasteiger partial charge is 0.338 e. The number of esters is 1. The number of nitrogens with one attached hydrogen (secondary N) is 3. The highest BCUT2D eigenvalue weighted by Gasteiger charge is 2.30. The van der Waals surface area contributed by atoms with Crippen LogP contribution in [0.4, 0.5) is 0 Å². The molecular weight excluding hydrogens is 634 g/mol. The molecule has 3 amide bonds. The molecule has 0 radical (unpaired) electrons. The molecule has 0 aliphatic heterocycles. The number of benzene rings is 2. The largest absolute Gasteiger partial charge is 0.481 e. The zero-order valence-corrected chi connectivity index (χ0v) is 27.0. The third-order valence-corrected chi connectivity index (χ3v) is 7.29. The Kier molecular flexibility index (Phi) is 13.1. The summed E-state index contributed by atoms with van der Waals surface area (Å²) in [5.74, 6) is -5.05. The topological polar surface area (TPSA) is 212 Å². The van der Waals surface area contributed by atoms with E-state index in [1.807, 2.05) is 30.3 Å². The molecule has 0 bridgehead atoms. The van der Waals surface area contributed by atoms with E-state index < -0.39 is 60.6 Å². The van der Waals surface area contributed by atoms with E-state index in [9.17, 15) is 33.9 Å². The van der Waals surface area contributed by atoms with E-state index in [1.54, 1.807) is 13.8 Å². The van der Waals surface area contributed by atoms with Crippen LogP contribution in [0.2, 0.25) is 5.02 Å². The van der Waals surface area contributed by atoms with Crippen molar-refractivity contribution < 1.29 is 38.6 Å². The second-order valence-electron chi connectivity index (χ2n) is 10.9. The minimum atomic E-state index is -1.52. The van der Waals surface area contributed by atoms with Crippen molar-refractivity contribution in [1.82, 2.24) is 36.2 Å². The van der Waals surface area contributed by atoms with E-state index in [-0.39, 0.29) is 40.2 Å². The highest BCUT2D eigenvalue weighted by molar-refractivity contribution is 6.34. The van der Waals surface area contributed by atoms with Gasteiger partial charge in [-0.3, -0.25) is 24.0 Å². The number of ether oxygens (including phenoxy) is 1. The van der Waals surface area contributed by atoms with Crippen molar-refractivity contribution in [3.8, 4) is 11.4 Å². The Morgan fingerprint density at radius 1 is 0.936 bits per heavy atom. The van der Waals surface area contributed by atoms with Crippen LogP contribution in [0.1, 0.15) is 49.5 Å². The normalized spacial score (nSPS) is 12.8. The first-order valence-electron chi connectivity index (χ1n) is 14.6. The molecule has 0 saturated carbocycles. The van der Waals surface area contributed by atoms with Gasteiger partial charge in [0.1, 0.15) is 24.7 Å². The number of carbonyl (C=O) groups is 6. The molecular formula is C31H36ClN7O8. The second kappa shape index (κ2) is 16.9. The highest BCUT2D eigenvalue weighted by atomic mass is 35.5. The molecule has 15 nitrogen and oxygen atoms in total. The Hall–Kier alpha value is -5.18. The molecule has 0 spiro atoms. The number of halogens is 1. The van der Waals surface area contributed by atoms with Crippen molar-refractivity contribution in [2.75, 3.05) is 7.11 Å². The Bertz CT molecular complexity index is 1610. The van der Waals surface area contributed by atoms with Crippen LogP contribution in [0.15, 0.2) is 48.5 Å². The number of rotatable bonds is 16. The number of aromatic nitrogens is 4. The molecule has 0 aliphatic rings. The second-order valence-corrected chi connectivity index (χ2v) is 11.3. The number of carbonyl (C=O) groups excluding carboxylic acids is 5. The number of nitrogens with zero attached hydrogens (tertiary/aromatic N) is 4. The van der Waals surface area contributed by atoms with Crippen molar-refractivity contribution in [2.24, 2.45) is 5.92 Å². The van der Waals surface area contributed by atoms with Crippen LogP contribution in [0.25, 0.3) is 11.4 Å². The summed E-state index contributed by atoms with van der Waals surface area (Å²) in [6.45, 7) is 4.24. The lowest BCUT2D eigenvalue weighted by molar-refractivity contribution is -0.140. The number of carboxylic acids is 1. The third-order valence-electron chi connectivity index (χ3n) is 6.98. The monoisotopic (exact) mass is 669 g/mol. The zero-order chi connectivity index (χ0) is 34.7. The molecule has 0 fully saturated rings. The quantitative estimate of drug-likeness (QED) is 0.161. The number of carboxylic acid groups (broad SMARTS) is 1. The number of hydrogen-bond acceptors (Lipinski definition) is 10. The average molecular weight is 670 g/mol. The lowest BCUT2D eigenvalue weighted by atomic mass is 10.0. The molecule has 1 aromatic heterocycles. The number of amides is 3. The Labute approximate surface area is 275 Å². The molecule has 3 aromatic rings. The van der Waals surface area contributed by atoms with Gasteiger partial charge in [-0.2, -0.15) is 4.80 Å². The maximum Gasteiger partial charge on any atom is 0.338 e. The molecule has 3 rings (SSSR count). The van der Waals surface area contributed by atoms with Gasteiger partial charge in [-0.1, -0.05) is 61.8 Å². The molecule has 250 valence electrons. The van der Waals surface area contributed by atoms with Gasteiger partial charge in [0.15, 0.2) is 5.78 Å². The minimum Gasteiger partial charge on any atom is -0.481 e. The van der Waals surface area contributed by atoms with Crippen molar-refractivity contribution >= 4 is 47.0 Å². The van der Waals surface area contributed by atoms with Gasteiger partial charge in [0, 0.05) is 6.42 Å². The summed E-state index contributed by atoms with van der Waals surface area (Å²) < 4.78 is 4.76. The number of hydrogen-bond donors (Lipinski definition) is 4. The number of tetrazole rings is 1. The van der Waals surface area contributed by atoms with Gasteiger partial charge in [0.2, 0.25) is 23.5 Å². The Morgan fingerprint density at radius 3 is 2.28 bits per heavy atom. The predicted octanol–water partition coefficient (Wildman–Crippen LogP) is 1.59. The van der Waals surface area contributed by atoms with E-state index in [2.05, 4.69) is 31.4 Å². The van der Waals surface area contributed by atoms with Crippen LogP contribution in [-0.2, 0) is 41.7 Å². The lowest BCUT2D eigenvalue weighted by Crippen LogP contribution is -2.56. The highest BCUT2D eigenvalue weighted by Crippen LogP contribution is 2.29. The van der Waals surface area contributed by atoms with Crippen molar-refractivity contribution in [1.29, 1.82) is 0 Å². The minimum absolute atomic E-state index is 0.0596. The van der Waals surface area contributed by atoms with Gasteiger partial charge in [-0.25, -0.2) is 4.79 Å². The summed E-state index contributed by atoms with van der Waals surface area (Å²) >= 11 is 6.25. The lowest BCUT2D eigenvalue weighted by Gasteiger charge is -2.25. The fourth-order valence-electron chi connectivity index (χ4n) is 4.46. The fourth-order valence-corrected chi connectivity index (χ4v) is 4.72. The van der Waals surface area contributed by atoms with Gasteiger partial charge in [-0.15, -0.1) is 10.2 Å². The number of Topliss-reactive ketones (excluding diaryl/α,β-unsaturated/α-hetero) is 1. The SMILES string of the molecule is COC(=O)c1cccc(Cl)c1-c1nnn(CC(=O)C(CC(=O)O)NC(=O)[C@H](C)NC(=O)[C@@H](NC(=O)CCc2ccccc2)C(C)C)n1. The molecule has 3 atom stereocenters. The van der Waals surface area contributed by atoms with Crippen LogP contribution in [0.5, 0.6) is 0 Å². The van der Waals surface area contributed by atoms with E-state index in [4.69, 9.17) is 16.3 Å². The van der Waals surface area contributed by atoms with Crippen LogP contribution in [0.3, 0.4) is 0 Å². The van der Waals surface area contributed by atoms with Gasteiger partial charge >= 0.3 is 11.9 Å². The first-order chi connectivity index (χ1) is 22.3.